The molecule has 0 bridgehead atoms. The Balaban J connectivity index is 1.69. The summed E-state index contributed by atoms with van der Waals surface area (Å²) in [7, 11) is 0. The number of carboxylic acids is 1. The van der Waals surface area contributed by atoms with E-state index in [9.17, 15) is 14.7 Å². The molecule has 0 aromatic heterocycles. The van der Waals surface area contributed by atoms with Crippen molar-refractivity contribution in [2.75, 3.05) is 6.54 Å². The third-order valence-electron chi connectivity index (χ3n) is 4.65. The highest BCUT2D eigenvalue weighted by molar-refractivity contribution is 5.85. The van der Waals surface area contributed by atoms with E-state index in [1.54, 1.807) is 6.92 Å². The van der Waals surface area contributed by atoms with Gasteiger partial charge in [0.15, 0.2) is 0 Å². The Bertz CT molecular complexity index is 567. The van der Waals surface area contributed by atoms with Gasteiger partial charge in [-0.3, -0.25) is 4.90 Å². The van der Waals surface area contributed by atoms with Gasteiger partial charge in [-0.15, -0.1) is 0 Å². The summed E-state index contributed by atoms with van der Waals surface area (Å²) >= 11 is 0. The number of hydrogen-bond acceptors (Lipinski definition) is 3. The first kappa shape index (κ1) is 13.9. The molecule has 2 fully saturated rings. The summed E-state index contributed by atoms with van der Waals surface area (Å²) in [5.74, 6) is -0.956. The SMILES string of the molecule is C[C@@]1(C(=O)O)CC2(CC2)CN1C(=O)OCc1ccccc1. The molecule has 1 aromatic rings. The van der Waals surface area contributed by atoms with Gasteiger partial charge in [0.05, 0.1) is 0 Å². The number of nitrogens with zero attached hydrogens (tertiary/aromatic N) is 1. The minimum atomic E-state index is -1.15. The van der Waals surface area contributed by atoms with Crippen molar-refractivity contribution in [3.05, 3.63) is 35.9 Å². The summed E-state index contributed by atoms with van der Waals surface area (Å²) in [4.78, 5) is 25.3. The average molecular weight is 289 g/mol. The Morgan fingerprint density at radius 2 is 1.95 bits per heavy atom. The molecule has 5 nitrogen and oxygen atoms in total. The second kappa shape index (κ2) is 4.76. The van der Waals surface area contributed by atoms with E-state index < -0.39 is 17.6 Å². The van der Waals surface area contributed by atoms with Crippen molar-refractivity contribution >= 4 is 12.1 Å². The lowest BCUT2D eigenvalue weighted by Crippen LogP contribution is -2.50. The number of ether oxygens (including phenoxy) is 1. The van der Waals surface area contributed by atoms with Gasteiger partial charge in [0.1, 0.15) is 12.1 Å². The third-order valence-corrected chi connectivity index (χ3v) is 4.65. The minimum Gasteiger partial charge on any atom is -0.480 e. The lowest BCUT2D eigenvalue weighted by atomic mass is 9.93. The van der Waals surface area contributed by atoms with Crippen LogP contribution in [-0.2, 0) is 16.1 Å². The molecule has 3 rings (SSSR count). The van der Waals surface area contributed by atoms with Crippen molar-refractivity contribution in [1.29, 1.82) is 0 Å². The number of amides is 1. The van der Waals surface area contributed by atoms with Crippen molar-refractivity contribution in [1.82, 2.24) is 4.90 Å². The first-order valence-electron chi connectivity index (χ1n) is 7.17. The number of carbonyl (C=O) groups is 2. The maximum Gasteiger partial charge on any atom is 0.411 e. The topological polar surface area (TPSA) is 66.8 Å². The molecule has 112 valence electrons. The quantitative estimate of drug-likeness (QED) is 0.929. The Labute approximate surface area is 123 Å². The van der Waals surface area contributed by atoms with Crippen LogP contribution in [0.5, 0.6) is 0 Å². The monoisotopic (exact) mass is 289 g/mol. The zero-order chi connectivity index (χ0) is 15.1. The third kappa shape index (κ3) is 2.48. The molecule has 1 aliphatic carbocycles. The number of likely N-dealkylation sites (tertiary alicyclic amines) is 1. The second-order valence-electron chi connectivity index (χ2n) is 6.38. The van der Waals surface area contributed by atoms with Crippen molar-refractivity contribution in [2.45, 2.75) is 38.3 Å². The van der Waals surface area contributed by atoms with Gasteiger partial charge in [-0.05, 0) is 37.2 Å². The van der Waals surface area contributed by atoms with Crippen LogP contribution in [0.1, 0.15) is 31.7 Å². The van der Waals surface area contributed by atoms with Gasteiger partial charge in [0, 0.05) is 6.54 Å². The summed E-state index contributed by atoms with van der Waals surface area (Å²) in [6, 6.07) is 9.38. The van der Waals surface area contributed by atoms with E-state index >= 15 is 0 Å². The molecule has 1 N–H and O–H groups in total. The Hall–Kier alpha value is -2.04. The lowest BCUT2D eigenvalue weighted by Gasteiger charge is -2.30. The van der Waals surface area contributed by atoms with Crippen molar-refractivity contribution in [2.24, 2.45) is 5.41 Å². The van der Waals surface area contributed by atoms with Gasteiger partial charge in [0.2, 0.25) is 0 Å². The largest absolute Gasteiger partial charge is 0.480 e. The van der Waals surface area contributed by atoms with Gasteiger partial charge >= 0.3 is 12.1 Å². The van der Waals surface area contributed by atoms with Crippen LogP contribution in [0.3, 0.4) is 0 Å². The number of aliphatic carboxylic acids is 1. The van der Waals surface area contributed by atoms with Gasteiger partial charge in [0.25, 0.3) is 0 Å². The minimum absolute atomic E-state index is 0.0128. The molecule has 0 radical (unpaired) electrons. The molecule has 0 unspecified atom stereocenters. The molecule has 1 spiro atoms. The van der Waals surface area contributed by atoms with E-state index in [2.05, 4.69) is 0 Å². The summed E-state index contributed by atoms with van der Waals surface area (Å²) in [5.41, 5.74) is -0.244. The van der Waals surface area contributed by atoms with Crippen molar-refractivity contribution in [3.8, 4) is 0 Å². The van der Waals surface area contributed by atoms with E-state index in [0.717, 1.165) is 18.4 Å². The van der Waals surface area contributed by atoms with Gasteiger partial charge in [-0.25, -0.2) is 9.59 Å². The molecule has 21 heavy (non-hydrogen) atoms. The van der Waals surface area contributed by atoms with Gasteiger partial charge in [-0.1, -0.05) is 30.3 Å². The number of carboxylic acid groups (broad SMARTS) is 1. The molecular weight excluding hydrogens is 270 g/mol. The van der Waals surface area contributed by atoms with Crippen LogP contribution < -0.4 is 0 Å². The Morgan fingerprint density at radius 3 is 2.52 bits per heavy atom. The predicted molar refractivity (Wildman–Crippen MR) is 75.7 cm³/mol. The number of carbonyl (C=O) groups excluding carboxylic acids is 1. The molecule has 1 atom stereocenters. The molecule has 1 saturated heterocycles. The molecule has 1 amide bonds. The highest BCUT2D eigenvalue weighted by Crippen LogP contribution is 2.58. The van der Waals surface area contributed by atoms with Crippen LogP contribution in [0.2, 0.25) is 0 Å². The number of rotatable bonds is 3. The fourth-order valence-electron chi connectivity index (χ4n) is 3.16. The first-order chi connectivity index (χ1) is 9.95. The van der Waals surface area contributed by atoms with Crippen molar-refractivity contribution in [3.63, 3.8) is 0 Å². The molecule has 2 aliphatic rings. The molecular formula is C16H19NO4. The Kier molecular flexibility index (Phi) is 3.15. The van der Waals surface area contributed by atoms with E-state index in [-0.39, 0.29) is 12.0 Å². The molecule has 1 heterocycles. The predicted octanol–water partition coefficient (Wildman–Crippen LogP) is 2.65. The smallest absolute Gasteiger partial charge is 0.411 e. The summed E-state index contributed by atoms with van der Waals surface area (Å²) in [6.45, 7) is 2.27. The van der Waals surface area contributed by atoms with Crippen LogP contribution >= 0.6 is 0 Å². The summed E-state index contributed by atoms with van der Waals surface area (Å²) in [5, 5.41) is 9.49. The lowest BCUT2D eigenvalue weighted by molar-refractivity contribution is -0.147. The maximum atomic E-state index is 12.3. The van der Waals surface area contributed by atoms with Gasteiger partial charge in [-0.2, -0.15) is 0 Å². The maximum absolute atomic E-state index is 12.3. The zero-order valence-corrected chi connectivity index (χ0v) is 12.0. The molecule has 1 aliphatic heterocycles. The normalized spacial score (nSPS) is 25.9. The molecule has 1 saturated carbocycles. The van der Waals surface area contributed by atoms with Crippen molar-refractivity contribution < 1.29 is 19.4 Å². The summed E-state index contributed by atoms with van der Waals surface area (Å²) < 4.78 is 5.30. The summed E-state index contributed by atoms with van der Waals surface area (Å²) in [6.07, 6.45) is 1.99. The van der Waals surface area contributed by atoms with E-state index in [4.69, 9.17) is 4.74 Å². The molecule has 5 heteroatoms. The fraction of sp³-hybridized carbons (Fsp3) is 0.500. The van der Waals surface area contributed by atoms with E-state index in [0.29, 0.717) is 13.0 Å². The fourth-order valence-corrected chi connectivity index (χ4v) is 3.16. The highest BCUT2D eigenvalue weighted by Gasteiger charge is 2.62. The standard InChI is InChI=1S/C16H19NO4/c1-15(13(18)19)10-16(7-8-16)11-17(15)14(20)21-9-12-5-3-2-4-6-12/h2-6H,7-11H2,1H3,(H,18,19)/t15-/m0/s1. The number of hydrogen-bond donors (Lipinski definition) is 1. The number of benzene rings is 1. The van der Waals surface area contributed by atoms with E-state index in [1.165, 1.54) is 4.90 Å². The average Bonchev–Trinajstić information content (AvgIpc) is 3.14. The highest BCUT2D eigenvalue weighted by atomic mass is 16.6. The van der Waals surface area contributed by atoms with Crippen LogP contribution in [0.15, 0.2) is 30.3 Å². The van der Waals surface area contributed by atoms with Crippen LogP contribution in [0, 0.1) is 5.41 Å². The zero-order valence-electron chi connectivity index (χ0n) is 12.0. The second-order valence-corrected chi connectivity index (χ2v) is 6.38. The van der Waals surface area contributed by atoms with E-state index in [1.807, 2.05) is 30.3 Å². The van der Waals surface area contributed by atoms with Crippen LogP contribution in [0.25, 0.3) is 0 Å². The first-order valence-corrected chi connectivity index (χ1v) is 7.17. The Morgan fingerprint density at radius 1 is 1.29 bits per heavy atom. The molecule has 1 aromatic carbocycles. The van der Waals surface area contributed by atoms with Crippen LogP contribution in [-0.4, -0.2) is 34.2 Å². The van der Waals surface area contributed by atoms with Crippen LogP contribution in [0.4, 0.5) is 4.79 Å². The van der Waals surface area contributed by atoms with Gasteiger partial charge < -0.3 is 9.84 Å².